The zero-order chi connectivity index (χ0) is 27.8. The second-order valence-electron chi connectivity index (χ2n) is 10.2. The van der Waals surface area contributed by atoms with Crippen molar-refractivity contribution in [1.82, 2.24) is 4.57 Å². The maximum Gasteiger partial charge on any atom is 0.137 e. The Balaban J connectivity index is 0.000000167. The minimum Gasteiger partial charge on any atom is -0.456 e. The Morgan fingerprint density at radius 3 is 2.17 bits per heavy atom. The van der Waals surface area contributed by atoms with Crippen LogP contribution in [0.2, 0.25) is 0 Å². The number of para-hydroxylation sites is 5. The van der Waals surface area contributed by atoms with Crippen LogP contribution in [0, 0.1) is 6.92 Å². The first-order valence-corrected chi connectivity index (χ1v) is 13.7. The van der Waals surface area contributed by atoms with Gasteiger partial charge in [0.05, 0.1) is 27.8 Å². The van der Waals surface area contributed by atoms with E-state index in [0.29, 0.717) is 0 Å². The maximum absolute atomic E-state index is 6.16. The summed E-state index contributed by atoms with van der Waals surface area (Å²) in [5.41, 5.74) is 15.3. The number of nitrogen functional groups attached to an aromatic ring is 1. The van der Waals surface area contributed by atoms with Crippen molar-refractivity contribution in [3.05, 3.63) is 145 Å². The summed E-state index contributed by atoms with van der Waals surface area (Å²) in [6, 6.07) is 47.6. The van der Waals surface area contributed by atoms with Gasteiger partial charge in [-0.1, -0.05) is 78.9 Å². The molecule has 0 saturated heterocycles. The van der Waals surface area contributed by atoms with Gasteiger partial charge in [-0.2, -0.15) is 0 Å². The molecule has 2 heterocycles. The Kier molecular flexibility index (Phi) is 6.14. The van der Waals surface area contributed by atoms with Crippen LogP contribution < -0.4 is 11.1 Å². The standard InChI is InChI=1S/C25H17NO.C12H12N2/c1-16-7-6-8-17(15-16)26-21-11-4-2-9-18(21)19-13-14-23-24(25(19)26)20-10-3-5-12-22(20)27-23;13-11-8-4-5-9-12(11)14-10-6-2-1-3-7-10/h2-15H,1H3;1-9,14H,13H2. The molecule has 41 heavy (non-hydrogen) atoms. The summed E-state index contributed by atoms with van der Waals surface area (Å²) in [6.07, 6.45) is 0. The molecule has 0 fully saturated rings. The van der Waals surface area contributed by atoms with E-state index in [9.17, 15) is 0 Å². The van der Waals surface area contributed by atoms with Crippen molar-refractivity contribution < 1.29 is 4.42 Å². The minimum atomic E-state index is 0.761. The van der Waals surface area contributed by atoms with E-state index in [1.807, 2.05) is 66.7 Å². The Hall–Kier alpha value is -5.48. The van der Waals surface area contributed by atoms with Crippen molar-refractivity contribution in [3.63, 3.8) is 0 Å². The van der Waals surface area contributed by atoms with Crippen LogP contribution in [0.3, 0.4) is 0 Å². The predicted octanol–water partition coefficient (Wildman–Crippen LogP) is 10.0. The third kappa shape index (κ3) is 4.46. The van der Waals surface area contributed by atoms with Gasteiger partial charge in [0.1, 0.15) is 11.2 Å². The van der Waals surface area contributed by atoms with Crippen LogP contribution in [0.5, 0.6) is 0 Å². The van der Waals surface area contributed by atoms with Gasteiger partial charge in [-0.15, -0.1) is 0 Å². The first-order chi connectivity index (χ1) is 20.2. The molecular weight excluding hydrogens is 502 g/mol. The number of rotatable bonds is 3. The molecule has 8 aromatic rings. The molecule has 0 bridgehead atoms. The van der Waals surface area contributed by atoms with Crippen molar-refractivity contribution >= 4 is 60.8 Å². The predicted molar refractivity (Wildman–Crippen MR) is 173 cm³/mol. The first kappa shape index (κ1) is 24.6. The smallest absolute Gasteiger partial charge is 0.137 e. The lowest BCUT2D eigenvalue weighted by molar-refractivity contribution is 0.669. The Morgan fingerprint density at radius 2 is 1.34 bits per heavy atom. The van der Waals surface area contributed by atoms with Gasteiger partial charge in [0.2, 0.25) is 0 Å². The van der Waals surface area contributed by atoms with E-state index in [4.69, 9.17) is 10.2 Å². The molecule has 0 unspecified atom stereocenters. The first-order valence-electron chi connectivity index (χ1n) is 13.7. The van der Waals surface area contributed by atoms with Crippen LogP contribution in [-0.2, 0) is 0 Å². The van der Waals surface area contributed by atoms with E-state index < -0.39 is 0 Å². The number of nitrogens with one attached hydrogen (secondary N) is 1. The van der Waals surface area contributed by atoms with Gasteiger partial charge in [-0.25, -0.2) is 0 Å². The molecule has 0 saturated carbocycles. The minimum absolute atomic E-state index is 0.761. The molecular formula is C37H29N3O. The monoisotopic (exact) mass is 531 g/mol. The molecule has 8 rings (SSSR count). The van der Waals surface area contributed by atoms with E-state index in [1.165, 1.54) is 38.4 Å². The zero-order valence-electron chi connectivity index (χ0n) is 22.7. The summed E-state index contributed by atoms with van der Waals surface area (Å²) in [5, 5.41) is 8.11. The van der Waals surface area contributed by atoms with E-state index in [-0.39, 0.29) is 0 Å². The molecule has 0 aliphatic rings. The number of hydrogen-bond donors (Lipinski definition) is 2. The summed E-state index contributed by atoms with van der Waals surface area (Å²) < 4.78 is 8.53. The molecule has 3 N–H and O–H groups in total. The number of benzene rings is 6. The summed E-state index contributed by atoms with van der Waals surface area (Å²) in [6.45, 7) is 2.14. The van der Waals surface area contributed by atoms with Gasteiger partial charge in [0, 0.05) is 27.5 Å². The molecule has 0 amide bonds. The molecule has 0 atom stereocenters. The van der Waals surface area contributed by atoms with Crippen LogP contribution in [0.4, 0.5) is 17.1 Å². The second-order valence-corrected chi connectivity index (χ2v) is 10.2. The van der Waals surface area contributed by atoms with Gasteiger partial charge < -0.3 is 20.0 Å². The molecule has 0 aliphatic carbocycles. The van der Waals surface area contributed by atoms with Crippen molar-refractivity contribution in [2.24, 2.45) is 0 Å². The lowest BCUT2D eigenvalue weighted by Crippen LogP contribution is -1.94. The van der Waals surface area contributed by atoms with Crippen LogP contribution in [0.25, 0.3) is 49.4 Å². The average molecular weight is 532 g/mol. The largest absolute Gasteiger partial charge is 0.456 e. The second kappa shape index (κ2) is 10.2. The molecule has 0 spiro atoms. The van der Waals surface area contributed by atoms with Gasteiger partial charge in [0.25, 0.3) is 0 Å². The number of nitrogens with zero attached hydrogens (tertiary/aromatic N) is 1. The third-order valence-electron chi connectivity index (χ3n) is 7.45. The third-order valence-corrected chi connectivity index (χ3v) is 7.45. The number of fused-ring (bicyclic) bond motifs is 7. The number of nitrogens with two attached hydrogens (primary N) is 1. The Labute approximate surface area is 238 Å². The summed E-state index contributed by atoms with van der Waals surface area (Å²) in [5.74, 6) is 0. The lowest BCUT2D eigenvalue weighted by atomic mass is 10.1. The fourth-order valence-corrected chi connectivity index (χ4v) is 5.59. The van der Waals surface area contributed by atoms with Crippen molar-refractivity contribution in [2.45, 2.75) is 6.92 Å². The molecule has 4 heteroatoms. The SMILES string of the molecule is Cc1cccc(-n2c3ccccc3c3ccc4oc5ccccc5c4c32)c1.Nc1ccccc1Nc1ccccc1. The fraction of sp³-hybridized carbons (Fsp3) is 0.0270. The Bertz CT molecular complexity index is 2150. The van der Waals surface area contributed by atoms with Crippen LogP contribution in [0.15, 0.2) is 144 Å². The fourth-order valence-electron chi connectivity index (χ4n) is 5.59. The molecule has 6 aromatic carbocycles. The van der Waals surface area contributed by atoms with Gasteiger partial charge >= 0.3 is 0 Å². The average Bonchev–Trinajstić information content (AvgIpc) is 3.55. The lowest BCUT2D eigenvalue weighted by Gasteiger charge is -2.09. The quantitative estimate of drug-likeness (QED) is 0.223. The molecule has 0 radical (unpaired) electrons. The number of aromatic nitrogens is 1. The summed E-state index contributed by atoms with van der Waals surface area (Å²) in [7, 11) is 0. The highest BCUT2D eigenvalue weighted by molar-refractivity contribution is 6.24. The van der Waals surface area contributed by atoms with Gasteiger partial charge in [0.15, 0.2) is 0 Å². The molecule has 4 nitrogen and oxygen atoms in total. The summed E-state index contributed by atoms with van der Waals surface area (Å²) >= 11 is 0. The topological polar surface area (TPSA) is 56.1 Å². The van der Waals surface area contributed by atoms with Crippen LogP contribution in [-0.4, -0.2) is 4.57 Å². The van der Waals surface area contributed by atoms with Crippen LogP contribution >= 0.6 is 0 Å². The highest BCUT2D eigenvalue weighted by Crippen LogP contribution is 2.40. The van der Waals surface area contributed by atoms with Gasteiger partial charge in [-0.3, -0.25) is 0 Å². The number of furan rings is 1. The van der Waals surface area contributed by atoms with Crippen molar-refractivity contribution in [2.75, 3.05) is 11.1 Å². The van der Waals surface area contributed by atoms with E-state index in [2.05, 4.69) is 89.6 Å². The molecule has 198 valence electrons. The zero-order valence-corrected chi connectivity index (χ0v) is 22.7. The van der Waals surface area contributed by atoms with Crippen molar-refractivity contribution in [3.8, 4) is 5.69 Å². The highest BCUT2D eigenvalue weighted by atomic mass is 16.3. The maximum atomic E-state index is 6.16. The highest BCUT2D eigenvalue weighted by Gasteiger charge is 2.18. The van der Waals surface area contributed by atoms with Gasteiger partial charge in [-0.05, 0) is 73.2 Å². The van der Waals surface area contributed by atoms with E-state index in [0.717, 1.165) is 33.6 Å². The number of aryl methyl sites for hydroxylation is 1. The molecule has 2 aromatic heterocycles. The van der Waals surface area contributed by atoms with Crippen LogP contribution in [0.1, 0.15) is 5.56 Å². The van der Waals surface area contributed by atoms with E-state index in [1.54, 1.807) is 0 Å². The van der Waals surface area contributed by atoms with Crippen molar-refractivity contribution in [1.29, 1.82) is 0 Å². The normalized spacial score (nSPS) is 11.1. The summed E-state index contributed by atoms with van der Waals surface area (Å²) in [4.78, 5) is 0. The van der Waals surface area contributed by atoms with E-state index >= 15 is 0 Å². The Morgan fingerprint density at radius 1 is 0.610 bits per heavy atom. The molecule has 0 aliphatic heterocycles. The number of anilines is 3. The number of hydrogen-bond acceptors (Lipinski definition) is 3.